The first kappa shape index (κ1) is 21.9. The van der Waals surface area contributed by atoms with Crippen LogP contribution < -0.4 is 10.2 Å². The van der Waals surface area contributed by atoms with Gasteiger partial charge in [0.15, 0.2) is 0 Å². The summed E-state index contributed by atoms with van der Waals surface area (Å²) in [6.07, 6.45) is 1.23. The Hall–Kier alpha value is -2.84. The molecule has 2 heterocycles. The van der Waals surface area contributed by atoms with Crippen LogP contribution in [-0.2, 0) is 10.8 Å². The van der Waals surface area contributed by atoms with Crippen molar-refractivity contribution < 1.29 is 9.13 Å². The Morgan fingerprint density at radius 1 is 1.13 bits per heavy atom. The summed E-state index contributed by atoms with van der Waals surface area (Å²) >= 11 is 0. The van der Waals surface area contributed by atoms with Gasteiger partial charge in [0, 0.05) is 36.5 Å². The van der Waals surface area contributed by atoms with Gasteiger partial charge in [0.2, 0.25) is 0 Å². The SMILES string of the molecule is CC.Cc1cccc(S(=O)c2c([N+](=O)[O-])cnc3c(N4CCNCC4)cccc23)c1. The number of aryl methyl sites for hydroxylation is 1. The number of anilines is 1. The maximum absolute atomic E-state index is 13.4. The van der Waals surface area contributed by atoms with Crippen molar-refractivity contribution in [2.45, 2.75) is 30.6 Å². The molecular formula is C22H26N4O3S. The zero-order valence-corrected chi connectivity index (χ0v) is 18.2. The smallest absolute Gasteiger partial charge is 0.304 e. The maximum Gasteiger partial charge on any atom is 0.304 e. The molecule has 1 unspecified atom stereocenters. The number of nitrogens with one attached hydrogen (secondary N) is 1. The van der Waals surface area contributed by atoms with Crippen LogP contribution in [0, 0.1) is 17.0 Å². The lowest BCUT2D eigenvalue weighted by molar-refractivity contribution is -0.387. The molecule has 1 fully saturated rings. The number of piperazine rings is 1. The molecule has 0 amide bonds. The number of pyridine rings is 1. The molecule has 1 aliphatic heterocycles. The fourth-order valence-electron chi connectivity index (χ4n) is 3.51. The second kappa shape index (κ2) is 9.77. The van der Waals surface area contributed by atoms with Gasteiger partial charge in [-0.1, -0.05) is 38.1 Å². The van der Waals surface area contributed by atoms with Crippen molar-refractivity contribution in [3.63, 3.8) is 0 Å². The normalized spacial score (nSPS) is 14.7. The average Bonchev–Trinajstić information content (AvgIpc) is 2.79. The highest BCUT2D eigenvalue weighted by Crippen LogP contribution is 2.36. The minimum atomic E-state index is -1.69. The van der Waals surface area contributed by atoms with Gasteiger partial charge in [0.25, 0.3) is 0 Å². The summed E-state index contributed by atoms with van der Waals surface area (Å²) < 4.78 is 13.4. The maximum atomic E-state index is 13.4. The van der Waals surface area contributed by atoms with E-state index in [-0.39, 0.29) is 10.6 Å². The van der Waals surface area contributed by atoms with Crippen LogP contribution in [0.2, 0.25) is 0 Å². The molecule has 1 atom stereocenters. The van der Waals surface area contributed by atoms with Crippen LogP contribution in [0.1, 0.15) is 19.4 Å². The molecule has 1 N–H and O–H groups in total. The first-order chi connectivity index (χ1) is 14.6. The number of fused-ring (bicyclic) bond motifs is 1. The number of nitrogens with zero attached hydrogens (tertiary/aromatic N) is 3. The van der Waals surface area contributed by atoms with Crippen molar-refractivity contribution in [1.29, 1.82) is 0 Å². The fraction of sp³-hybridized carbons (Fsp3) is 0.318. The number of rotatable bonds is 4. The standard InChI is InChI=1S/C20H20N4O3S.C2H6/c1-14-4-2-5-15(12-14)28(27)20-16-6-3-7-17(23-10-8-21-9-11-23)19(16)22-13-18(20)24(25)26;1-2/h2-7,12-13,21H,8-11H2,1H3;1-2H3. The van der Waals surface area contributed by atoms with Gasteiger partial charge in [-0.3, -0.25) is 10.1 Å². The Morgan fingerprint density at radius 3 is 2.50 bits per heavy atom. The Labute approximate surface area is 178 Å². The molecule has 7 nitrogen and oxygen atoms in total. The van der Waals surface area contributed by atoms with Gasteiger partial charge in [-0.25, -0.2) is 9.19 Å². The number of nitro groups is 1. The molecule has 158 valence electrons. The molecule has 1 saturated heterocycles. The molecule has 1 aromatic heterocycles. The average molecular weight is 427 g/mol. The van der Waals surface area contributed by atoms with Crippen molar-refractivity contribution in [3.05, 3.63) is 64.3 Å². The lowest BCUT2D eigenvalue weighted by atomic mass is 10.1. The third-order valence-electron chi connectivity index (χ3n) is 4.85. The first-order valence-corrected chi connectivity index (χ1v) is 11.2. The highest BCUT2D eigenvalue weighted by Gasteiger charge is 2.26. The predicted octanol–water partition coefficient (Wildman–Crippen LogP) is 4.05. The molecule has 0 aliphatic carbocycles. The van der Waals surface area contributed by atoms with Crippen LogP contribution in [-0.4, -0.2) is 40.3 Å². The van der Waals surface area contributed by atoms with E-state index < -0.39 is 15.7 Å². The highest BCUT2D eigenvalue weighted by atomic mass is 32.2. The van der Waals surface area contributed by atoms with E-state index >= 15 is 0 Å². The van der Waals surface area contributed by atoms with E-state index in [0.717, 1.165) is 37.4 Å². The minimum absolute atomic E-state index is 0.206. The summed E-state index contributed by atoms with van der Waals surface area (Å²) in [4.78, 5) is 18.5. The van der Waals surface area contributed by atoms with Gasteiger partial charge in [-0.05, 0) is 30.7 Å². The van der Waals surface area contributed by atoms with E-state index in [1.54, 1.807) is 18.2 Å². The summed E-state index contributed by atoms with van der Waals surface area (Å²) in [6.45, 7) is 9.29. The van der Waals surface area contributed by atoms with Crippen LogP contribution in [0.4, 0.5) is 11.4 Å². The van der Waals surface area contributed by atoms with E-state index in [1.807, 2.05) is 45.0 Å². The lowest BCUT2D eigenvalue weighted by Gasteiger charge is -2.30. The van der Waals surface area contributed by atoms with Gasteiger partial charge in [-0.2, -0.15) is 0 Å². The zero-order chi connectivity index (χ0) is 21.7. The molecule has 8 heteroatoms. The predicted molar refractivity (Wildman–Crippen MR) is 121 cm³/mol. The molecular weight excluding hydrogens is 400 g/mol. The van der Waals surface area contributed by atoms with Crippen LogP contribution >= 0.6 is 0 Å². The van der Waals surface area contributed by atoms with E-state index in [0.29, 0.717) is 15.8 Å². The van der Waals surface area contributed by atoms with E-state index in [1.165, 1.54) is 6.20 Å². The van der Waals surface area contributed by atoms with Gasteiger partial charge in [0.05, 0.1) is 26.9 Å². The summed E-state index contributed by atoms with van der Waals surface area (Å²) in [6, 6.07) is 12.8. The Morgan fingerprint density at radius 2 is 1.83 bits per heavy atom. The minimum Gasteiger partial charge on any atom is -0.367 e. The van der Waals surface area contributed by atoms with Gasteiger partial charge >= 0.3 is 5.69 Å². The fourth-order valence-corrected chi connectivity index (χ4v) is 4.92. The van der Waals surface area contributed by atoms with Crippen molar-refractivity contribution in [3.8, 4) is 0 Å². The topological polar surface area (TPSA) is 88.4 Å². The second-order valence-electron chi connectivity index (χ2n) is 6.73. The molecule has 2 aromatic carbocycles. The third kappa shape index (κ3) is 4.34. The molecule has 0 bridgehead atoms. The second-order valence-corrected chi connectivity index (χ2v) is 8.14. The Balaban J connectivity index is 0.00000124. The number of para-hydroxylation sites is 1. The molecule has 1 aliphatic rings. The summed E-state index contributed by atoms with van der Waals surface area (Å²) in [5.41, 5.74) is 2.29. The van der Waals surface area contributed by atoms with Crippen LogP contribution in [0.3, 0.4) is 0 Å². The molecule has 30 heavy (non-hydrogen) atoms. The van der Waals surface area contributed by atoms with E-state index in [4.69, 9.17) is 0 Å². The molecule has 4 rings (SSSR count). The van der Waals surface area contributed by atoms with Gasteiger partial charge < -0.3 is 10.2 Å². The van der Waals surface area contributed by atoms with Crippen molar-refractivity contribution in [2.75, 3.05) is 31.1 Å². The van der Waals surface area contributed by atoms with Crippen LogP contribution in [0.15, 0.2) is 58.5 Å². The molecule has 3 aromatic rings. The van der Waals surface area contributed by atoms with Gasteiger partial charge in [-0.15, -0.1) is 0 Å². The largest absolute Gasteiger partial charge is 0.367 e. The van der Waals surface area contributed by atoms with Gasteiger partial charge in [0.1, 0.15) is 11.1 Å². The lowest BCUT2D eigenvalue weighted by Crippen LogP contribution is -2.43. The van der Waals surface area contributed by atoms with Crippen molar-refractivity contribution in [1.82, 2.24) is 10.3 Å². The van der Waals surface area contributed by atoms with E-state index in [2.05, 4.69) is 15.2 Å². The Kier molecular flexibility index (Phi) is 7.12. The number of aromatic nitrogens is 1. The number of hydrogen-bond acceptors (Lipinski definition) is 6. The van der Waals surface area contributed by atoms with Crippen molar-refractivity contribution >= 4 is 33.1 Å². The highest BCUT2D eigenvalue weighted by molar-refractivity contribution is 7.85. The first-order valence-electron chi connectivity index (χ1n) is 10.1. The number of benzene rings is 2. The van der Waals surface area contributed by atoms with Crippen molar-refractivity contribution in [2.24, 2.45) is 0 Å². The zero-order valence-electron chi connectivity index (χ0n) is 17.4. The monoisotopic (exact) mass is 426 g/mol. The molecule has 0 radical (unpaired) electrons. The summed E-state index contributed by atoms with van der Waals surface area (Å²) in [5, 5.41) is 15.5. The summed E-state index contributed by atoms with van der Waals surface area (Å²) in [5.74, 6) is 0. The number of hydrogen-bond donors (Lipinski definition) is 1. The van der Waals surface area contributed by atoms with Crippen LogP contribution in [0.5, 0.6) is 0 Å². The Bertz CT molecular complexity index is 1080. The summed E-state index contributed by atoms with van der Waals surface area (Å²) in [7, 11) is -1.69. The molecule has 0 spiro atoms. The van der Waals surface area contributed by atoms with E-state index in [9.17, 15) is 14.3 Å². The third-order valence-corrected chi connectivity index (χ3v) is 6.33. The quantitative estimate of drug-likeness (QED) is 0.500. The van der Waals surface area contributed by atoms with Crippen LogP contribution in [0.25, 0.3) is 10.9 Å². The molecule has 0 saturated carbocycles.